The second-order valence-electron chi connectivity index (χ2n) is 5.64. The topological polar surface area (TPSA) is 21.3 Å². The Morgan fingerprint density at radius 2 is 2.21 bits per heavy atom. The normalized spacial score (nSPS) is 20.8. The molecule has 0 amide bonds. The molecule has 0 saturated carbocycles. The first-order valence-corrected chi connectivity index (χ1v) is 7.26. The van der Waals surface area contributed by atoms with E-state index in [4.69, 9.17) is 16.3 Å². The van der Waals surface area contributed by atoms with Crippen LogP contribution in [0.4, 0.5) is 4.39 Å². The van der Waals surface area contributed by atoms with Crippen molar-refractivity contribution in [3.63, 3.8) is 0 Å². The Balaban J connectivity index is 2.09. The van der Waals surface area contributed by atoms with E-state index in [1.54, 1.807) is 6.07 Å². The van der Waals surface area contributed by atoms with Gasteiger partial charge in [0.15, 0.2) is 0 Å². The molecule has 0 radical (unpaired) electrons. The summed E-state index contributed by atoms with van der Waals surface area (Å²) in [6.45, 7) is 6.36. The Hall–Kier alpha value is -0.800. The van der Waals surface area contributed by atoms with Gasteiger partial charge in [-0.05, 0) is 37.4 Å². The van der Waals surface area contributed by atoms with Gasteiger partial charge in [0.25, 0.3) is 0 Å². The lowest BCUT2D eigenvalue weighted by atomic mass is 9.93. The molecule has 1 aliphatic rings. The van der Waals surface area contributed by atoms with E-state index in [2.05, 4.69) is 19.2 Å². The van der Waals surface area contributed by atoms with Gasteiger partial charge in [0.1, 0.15) is 17.7 Å². The minimum absolute atomic E-state index is 0.118. The van der Waals surface area contributed by atoms with Gasteiger partial charge < -0.3 is 10.1 Å². The number of hydrogen-bond donors (Lipinski definition) is 1. The summed E-state index contributed by atoms with van der Waals surface area (Å²) in [4.78, 5) is 0. The molecule has 19 heavy (non-hydrogen) atoms. The summed E-state index contributed by atoms with van der Waals surface area (Å²) in [5.41, 5.74) is 0. The summed E-state index contributed by atoms with van der Waals surface area (Å²) in [5, 5.41) is 3.73. The van der Waals surface area contributed by atoms with Crippen LogP contribution in [0.3, 0.4) is 0 Å². The third kappa shape index (κ3) is 4.36. The molecule has 0 aromatic heterocycles. The van der Waals surface area contributed by atoms with Crippen LogP contribution >= 0.6 is 11.6 Å². The zero-order valence-electron chi connectivity index (χ0n) is 11.5. The van der Waals surface area contributed by atoms with E-state index in [1.807, 2.05) is 0 Å². The van der Waals surface area contributed by atoms with Gasteiger partial charge in [-0.3, -0.25) is 0 Å². The van der Waals surface area contributed by atoms with E-state index in [0.29, 0.717) is 22.6 Å². The Bertz CT molecular complexity index is 398. The average Bonchev–Trinajstić information content (AvgIpc) is 2.79. The lowest BCUT2D eigenvalue weighted by Crippen LogP contribution is -2.30. The van der Waals surface area contributed by atoms with Crippen molar-refractivity contribution in [3.05, 3.63) is 29.0 Å². The number of halogens is 2. The molecular formula is C15H21ClFNO. The average molecular weight is 286 g/mol. The zero-order valence-corrected chi connectivity index (χ0v) is 12.2. The molecule has 1 aromatic carbocycles. The first-order valence-electron chi connectivity index (χ1n) is 6.88. The van der Waals surface area contributed by atoms with Gasteiger partial charge in [-0.15, -0.1) is 0 Å². The van der Waals surface area contributed by atoms with Gasteiger partial charge in [-0.25, -0.2) is 4.39 Å². The van der Waals surface area contributed by atoms with Crippen LogP contribution in [0.2, 0.25) is 5.02 Å². The molecule has 1 fully saturated rings. The van der Waals surface area contributed by atoms with Gasteiger partial charge in [0, 0.05) is 23.6 Å². The second kappa shape index (κ2) is 6.58. The number of hydrogen-bond acceptors (Lipinski definition) is 2. The maximum Gasteiger partial charge on any atom is 0.128 e. The molecule has 1 aromatic rings. The SMILES string of the molecule is CC(C)C[C@@H](Oc1cc(F)cc(Cl)c1)[C@H]1CCNC1. The Morgan fingerprint density at radius 3 is 2.79 bits per heavy atom. The van der Waals surface area contributed by atoms with Crippen LogP contribution in [0.5, 0.6) is 5.75 Å². The van der Waals surface area contributed by atoms with E-state index >= 15 is 0 Å². The summed E-state index contributed by atoms with van der Waals surface area (Å²) in [7, 11) is 0. The Labute approximate surface area is 119 Å². The standard InChI is InChI=1S/C15H21ClFNO/c1-10(2)5-15(11-3-4-18-9-11)19-14-7-12(16)6-13(17)8-14/h6-8,10-11,15,18H,3-5,9H2,1-2H3/t11-,15+/m0/s1. The highest BCUT2D eigenvalue weighted by Gasteiger charge is 2.27. The molecule has 2 atom stereocenters. The molecule has 2 rings (SSSR count). The van der Waals surface area contributed by atoms with Crippen LogP contribution in [0.25, 0.3) is 0 Å². The van der Waals surface area contributed by atoms with Gasteiger partial charge in [0.05, 0.1) is 0 Å². The summed E-state index contributed by atoms with van der Waals surface area (Å²) in [6, 6.07) is 4.38. The molecule has 1 saturated heterocycles. The quantitative estimate of drug-likeness (QED) is 0.886. The highest BCUT2D eigenvalue weighted by molar-refractivity contribution is 6.30. The van der Waals surface area contributed by atoms with Gasteiger partial charge in [-0.2, -0.15) is 0 Å². The van der Waals surface area contributed by atoms with Gasteiger partial charge >= 0.3 is 0 Å². The fourth-order valence-corrected chi connectivity index (χ4v) is 2.78. The zero-order chi connectivity index (χ0) is 13.8. The van der Waals surface area contributed by atoms with Crippen molar-refractivity contribution in [2.24, 2.45) is 11.8 Å². The summed E-state index contributed by atoms with van der Waals surface area (Å²) in [6.07, 6.45) is 2.20. The largest absolute Gasteiger partial charge is 0.490 e. The molecule has 0 unspecified atom stereocenters. The Morgan fingerprint density at radius 1 is 1.42 bits per heavy atom. The maximum atomic E-state index is 13.3. The van der Waals surface area contributed by atoms with Gasteiger partial charge in [-0.1, -0.05) is 25.4 Å². The summed E-state index contributed by atoms with van der Waals surface area (Å²) in [5.74, 6) is 1.22. The minimum atomic E-state index is -0.352. The van der Waals surface area contributed by atoms with Crippen molar-refractivity contribution in [1.29, 1.82) is 0 Å². The summed E-state index contributed by atoms with van der Waals surface area (Å²) < 4.78 is 19.3. The van der Waals surface area contributed by atoms with E-state index in [-0.39, 0.29) is 11.9 Å². The number of benzene rings is 1. The molecule has 4 heteroatoms. The summed E-state index contributed by atoms with van der Waals surface area (Å²) >= 11 is 5.87. The van der Waals surface area contributed by atoms with Crippen LogP contribution in [0.1, 0.15) is 26.7 Å². The smallest absolute Gasteiger partial charge is 0.128 e. The number of ether oxygens (including phenoxy) is 1. The third-order valence-electron chi connectivity index (χ3n) is 3.45. The fourth-order valence-electron chi connectivity index (χ4n) is 2.57. The predicted octanol–water partition coefficient (Wildman–Crippen LogP) is 3.88. The first-order chi connectivity index (χ1) is 9.04. The van der Waals surface area contributed by atoms with E-state index < -0.39 is 0 Å². The number of rotatable bonds is 5. The number of nitrogens with one attached hydrogen (secondary N) is 1. The molecule has 2 nitrogen and oxygen atoms in total. The van der Waals surface area contributed by atoms with Gasteiger partial charge in [0.2, 0.25) is 0 Å². The highest BCUT2D eigenvalue weighted by Crippen LogP contribution is 2.27. The van der Waals surface area contributed by atoms with E-state index in [0.717, 1.165) is 25.9 Å². The fraction of sp³-hybridized carbons (Fsp3) is 0.600. The van der Waals surface area contributed by atoms with Crippen molar-refractivity contribution in [2.75, 3.05) is 13.1 Å². The van der Waals surface area contributed by atoms with Crippen LogP contribution in [-0.4, -0.2) is 19.2 Å². The highest BCUT2D eigenvalue weighted by atomic mass is 35.5. The Kier molecular flexibility index (Phi) is 5.06. The van der Waals surface area contributed by atoms with E-state index in [9.17, 15) is 4.39 Å². The molecular weight excluding hydrogens is 265 g/mol. The van der Waals surface area contributed by atoms with Crippen LogP contribution in [0, 0.1) is 17.7 Å². The van der Waals surface area contributed by atoms with Crippen LogP contribution < -0.4 is 10.1 Å². The van der Waals surface area contributed by atoms with Crippen molar-refractivity contribution in [3.8, 4) is 5.75 Å². The predicted molar refractivity (Wildman–Crippen MR) is 76.3 cm³/mol. The lowest BCUT2D eigenvalue weighted by Gasteiger charge is -2.26. The maximum absolute atomic E-state index is 13.3. The van der Waals surface area contributed by atoms with Crippen molar-refractivity contribution < 1.29 is 9.13 Å². The monoisotopic (exact) mass is 285 g/mol. The van der Waals surface area contributed by atoms with Crippen molar-refractivity contribution in [2.45, 2.75) is 32.8 Å². The molecule has 0 spiro atoms. The second-order valence-corrected chi connectivity index (χ2v) is 6.08. The third-order valence-corrected chi connectivity index (χ3v) is 3.67. The van der Waals surface area contributed by atoms with Crippen LogP contribution in [0.15, 0.2) is 18.2 Å². The molecule has 1 N–H and O–H groups in total. The van der Waals surface area contributed by atoms with Crippen molar-refractivity contribution >= 4 is 11.6 Å². The first kappa shape index (κ1) is 14.6. The molecule has 1 aliphatic heterocycles. The lowest BCUT2D eigenvalue weighted by molar-refractivity contribution is 0.119. The molecule has 0 bridgehead atoms. The van der Waals surface area contributed by atoms with Crippen molar-refractivity contribution in [1.82, 2.24) is 5.32 Å². The van der Waals surface area contributed by atoms with E-state index in [1.165, 1.54) is 12.1 Å². The molecule has 1 heterocycles. The van der Waals surface area contributed by atoms with Crippen LogP contribution in [-0.2, 0) is 0 Å². The minimum Gasteiger partial charge on any atom is -0.490 e. The molecule has 0 aliphatic carbocycles. The molecule has 106 valence electrons.